The van der Waals surface area contributed by atoms with E-state index in [1.807, 2.05) is 0 Å². The first-order chi connectivity index (χ1) is 13.6. The van der Waals surface area contributed by atoms with Crippen molar-refractivity contribution >= 4 is 11.8 Å². The molecule has 2 N–H and O–H groups in total. The second-order valence-electron chi connectivity index (χ2n) is 9.20. The summed E-state index contributed by atoms with van der Waals surface area (Å²) >= 11 is 0. The molecule has 0 aromatic rings. The summed E-state index contributed by atoms with van der Waals surface area (Å²) in [6.07, 6.45) is 16.0. The molecule has 0 aliphatic heterocycles. The van der Waals surface area contributed by atoms with Gasteiger partial charge in [0.2, 0.25) is 0 Å². The molecule has 29 heavy (non-hydrogen) atoms. The molecule has 0 spiro atoms. The number of carboxylic acid groups (broad SMARTS) is 1. The van der Waals surface area contributed by atoms with E-state index < -0.39 is 23.8 Å². The van der Waals surface area contributed by atoms with Gasteiger partial charge in [0.05, 0.1) is 21.1 Å². The molecule has 0 aliphatic rings. The van der Waals surface area contributed by atoms with Crippen LogP contribution in [-0.4, -0.2) is 66.3 Å². The van der Waals surface area contributed by atoms with Gasteiger partial charge in [-0.3, -0.25) is 4.79 Å². The van der Waals surface area contributed by atoms with Crippen LogP contribution in [0, 0.1) is 0 Å². The average molecular weight is 414 g/mol. The third-order valence-electron chi connectivity index (χ3n) is 4.93. The van der Waals surface area contributed by atoms with Crippen molar-refractivity contribution in [2.45, 2.75) is 89.1 Å². The van der Waals surface area contributed by atoms with Crippen molar-refractivity contribution in [3.8, 4) is 0 Å². The third-order valence-corrected chi connectivity index (χ3v) is 4.93. The first-order valence-corrected chi connectivity index (χ1v) is 11.2. The normalized spacial score (nSPS) is 14.2. The minimum Gasteiger partial charge on any atom is -0.550 e. The molecule has 0 bridgehead atoms. The van der Waals surface area contributed by atoms with Gasteiger partial charge >= 0.3 is 0 Å². The van der Waals surface area contributed by atoms with Gasteiger partial charge in [0.15, 0.2) is 11.4 Å². The highest BCUT2D eigenvalue weighted by atomic mass is 16.4. The number of rotatable bonds is 19. The Morgan fingerprint density at radius 3 is 1.72 bits per heavy atom. The maximum absolute atomic E-state index is 12.3. The second-order valence-corrected chi connectivity index (χ2v) is 9.20. The zero-order valence-electron chi connectivity index (χ0n) is 18.8. The predicted molar refractivity (Wildman–Crippen MR) is 114 cm³/mol. The number of carbonyl (C=O) groups is 2. The van der Waals surface area contributed by atoms with E-state index in [1.165, 1.54) is 51.0 Å². The molecule has 0 heterocycles. The molecule has 0 fully saturated rings. The van der Waals surface area contributed by atoms with Crippen molar-refractivity contribution < 1.29 is 29.4 Å². The number of hydrogen-bond donors (Lipinski definition) is 2. The van der Waals surface area contributed by atoms with Crippen LogP contribution in [0.5, 0.6) is 0 Å². The predicted octanol–water partition coefficient (Wildman–Crippen LogP) is 2.36. The molecule has 0 unspecified atom stereocenters. The second kappa shape index (κ2) is 15.6. The number of aliphatic carboxylic acids is 1. The maximum atomic E-state index is 12.3. The van der Waals surface area contributed by atoms with Crippen LogP contribution < -0.4 is 5.11 Å². The summed E-state index contributed by atoms with van der Waals surface area (Å²) in [5.41, 5.74) is -1.92. The molecule has 6 heteroatoms. The van der Waals surface area contributed by atoms with Gasteiger partial charge in [0.25, 0.3) is 0 Å². The molecule has 0 rings (SSSR count). The summed E-state index contributed by atoms with van der Waals surface area (Å²) in [6, 6.07) is 0. The number of carboxylic acids is 1. The van der Waals surface area contributed by atoms with Crippen molar-refractivity contribution in [1.82, 2.24) is 0 Å². The van der Waals surface area contributed by atoms with Crippen molar-refractivity contribution in [3.63, 3.8) is 0 Å². The zero-order chi connectivity index (χ0) is 22.2. The van der Waals surface area contributed by atoms with Gasteiger partial charge in [-0.05, 0) is 25.3 Å². The van der Waals surface area contributed by atoms with Crippen LogP contribution in [0.25, 0.3) is 0 Å². The summed E-state index contributed by atoms with van der Waals surface area (Å²) in [6.45, 7) is 0.325. The van der Waals surface area contributed by atoms with Crippen LogP contribution in [0.2, 0.25) is 0 Å². The average Bonchev–Trinajstić information content (AvgIpc) is 2.59. The van der Waals surface area contributed by atoms with E-state index in [1.54, 1.807) is 27.2 Å². The number of allylic oxidation sites excluding steroid dienone is 1. The summed E-state index contributed by atoms with van der Waals surface area (Å²) in [5.74, 6) is -1.98. The molecular formula is C23H43NO5. The lowest BCUT2D eigenvalue weighted by Gasteiger charge is -2.34. The van der Waals surface area contributed by atoms with Gasteiger partial charge in [-0.2, -0.15) is 0 Å². The summed E-state index contributed by atoms with van der Waals surface area (Å²) in [5, 5.41) is 30.2. The lowest BCUT2D eigenvalue weighted by atomic mass is 9.92. The molecule has 0 radical (unpaired) electrons. The van der Waals surface area contributed by atoms with Crippen LogP contribution in [0.4, 0.5) is 0 Å². The summed E-state index contributed by atoms with van der Waals surface area (Å²) in [4.78, 5) is 23.3. The largest absolute Gasteiger partial charge is 0.550 e. The van der Waals surface area contributed by atoms with E-state index in [2.05, 4.69) is 0 Å². The Hall–Kier alpha value is -1.24. The van der Waals surface area contributed by atoms with Gasteiger partial charge < -0.3 is 24.6 Å². The lowest BCUT2D eigenvalue weighted by Crippen LogP contribution is -2.55. The molecule has 0 aromatic carbocycles. The molecular weight excluding hydrogens is 370 g/mol. The van der Waals surface area contributed by atoms with E-state index in [0.717, 1.165) is 32.1 Å². The van der Waals surface area contributed by atoms with Gasteiger partial charge in [0, 0.05) is 19.0 Å². The molecule has 170 valence electrons. The number of ketones is 1. The Labute approximate surface area is 177 Å². The molecule has 6 nitrogen and oxygen atoms in total. The topological polar surface area (TPSA) is 97.7 Å². The number of unbranched alkanes of at least 4 members (excludes halogenated alkanes) is 11. The van der Waals surface area contributed by atoms with Crippen LogP contribution in [0.1, 0.15) is 83.5 Å². The van der Waals surface area contributed by atoms with Crippen molar-refractivity contribution in [2.24, 2.45) is 0 Å². The molecule has 0 amide bonds. The molecule has 0 aromatic heterocycles. The van der Waals surface area contributed by atoms with Crippen LogP contribution in [0.3, 0.4) is 0 Å². The Kier molecular flexibility index (Phi) is 14.9. The Bertz CT molecular complexity index is 484. The Morgan fingerprint density at radius 2 is 1.31 bits per heavy atom. The standard InChI is InChI=1S/C23H43NO5/c1-24(2,3)20-23(29,19-22(27)28)21(26)17-15-13-11-9-7-5-4-6-8-10-12-14-16-18-25/h15,17,25,29H,4-14,16,18-20H2,1-3H3/t23-/m1/s1. The highest BCUT2D eigenvalue weighted by Gasteiger charge is 2.39. The fraction of sp³-hybridized carbons (Fsp3) is 0.826. The van der Waals surface area contributed by atoms with Gasteiger partial charge in [0.1, 0.15) is 6.54 Å². The van der Waals surface area contributed by atoms with E-state index in [9.17, 15) is 19.8 Å². The molecule has 0 aliphatic carbocycles. The van der Waals surface area contributed by atoms with E-state index in [0.29, 0.717) is 6.61 Å². The number of aliphatic hydroxyl groups excluding tert-OH is 1. The number of aliphatic hydroxyl groups is 2. The van der Waals surface area contributed by atoms with Crippen molar-refractivity contribution in [2.75, 3.05) is 34.3 Å². The van der Waals surface area contributed by atoms with Crippen LogP contribution in [0.15, 0.2) is 12.2 Å². The fourth-order valence-corrected chi connectivity index (χ4v) is 3.55. The van der Waals surface area contributed by atoms with E-state index in [4.69, 9.17) is 5.11 Å². The van der Waals surface area contributed by atoms with Gasteiger partial charge in [-0.15, -0.1) is 0 Å². The number of carbonyl (C=O) groups excluding carboxylic acids is 2. The summed E-state index contributed by atoms with van der Waals surface area (Å²) < 4.78 is 0.284. The highest BCUT2D eigenvalue weighted by Crippen LogP contribution is 2.17. The molecule has 1 atom stereocenters. The Balaban J connectivity index is 3.94. The zero-order valence-corrected chi connectivity index (χ0v) is 18.8. The van der Waals surface area contributed by atoms with Crippen LogP contribution in [-0.2, 0) is 9.59 Å². The molecule has 0 saturated heterocycles. The van der Waals surface area contributed by atoms with Crippen molar-refractivity contribution in [3.05, 3.63) is 12.2 Å². The number of likely N-dealkylation sites (N-methyl/N-ethyl adjacent to an activating group) is 1. The third kappa shape index (κ3) is 16.3. The minimum absolute atomic E-state index is 0.0194. The Morgan fingerprint density at radius 1 is 0.862 bits per heavy atom. The van der Waals surface area contributed by atoms with Gasteiger partial charge in [-0.1, -0.05) is 63.9 Å². The molecule has 0 saturated carbocycles. The smallest absolute Gasteiger partial charge is 0.193 e. The number of quaternary nitrogens is 1. The minimum atomic E-state index is -1.92. The summed E-state index contributed by atoms with van der Waals surface area (Å²) in [7, 11) is 5.40. The maximum Gasteiger partial charge on any atom is 0.193 e. The van der Waals surface area contributed by atoms with Crippen molar-refractivity contribution in [1.29, 1.82) is 0 Å². The first-order valence-electron chi connectivity index (χ1n) is 11.2. The highest BCUT2D eigenvalue weighted by molar-refractivity contribution is 5.99. The fourth-order valence-electron chi connectivity index (χ4n) is 3.55. The SMILES string of the molecule is C[N+](C)(C)C[C@](O)(CC(=O)[O-])C(=O)C=CCCCCCCCCCCCCCO. The monoisotopic (exact) mass is 413 g/mol. The number of nitrogens with zero attached hydrogens (tertiary/aromatic N) is 1. The lowest BCUT2D eigenvalue weighted by molar-refractivity contribution is -0.875. The first kappa shape index (κ1) is 27.8. The van der Waals surface area contributed by atoms with E-state index >= 15 is 0 Å². The van der Waals surface area contributed by atoms with Gasteiger partial charge in [-0.25, -0.2) is 0 Å². The number of hydrogen-bond acceptors (Lipinski definition) is 5. The van der Waals surface area contributed by atoms with Crippen LogP contribution >= 0.6 is 0 Å². The quantitative estimate of drug-likeness (QED) is 0.192. The van der Waals surface area contributed by atoms with E-state index in [-0.39, 0.29) is 11.0 Å².